The van der Waals surface area contributed by atoms with Gasteiger partial charge in [0.1, 0.15) is 16.2 Å². The quantitative estimate of drug-likeness (QED) is 0.152. The smallest absolute Gasteiger partial charge is 0.157 e. The summed E-state index contributed by atoms with van der Waals surface area (Å²) in [5, 5.41) is 5.71. The van der Waals surface area contributed by atoms with Crippen LogP contribution in [0.15, 0.2) is 225 Å². The summed E-state index contributed by atoms with van der Waals surface area (Å²) in [6.45, 7) is 0. The van der Waals surface area contributed by atoms with E-state index in [1.165, 1.54) is 32.6 Å². The molecule has 0 aliphatic rings. The number of nitrogens with zero attached hydrogens (tertiary/aromatic N) is 7. The van der Waals surface area contributed by atoms with E-state index >= 15 is 0 Å². The van der Waals surface area contributed by atoms with Gasteiger partial charge in [-0.05, 0) is 103 Å². The molecule has 0 amide bonds. The van der Waals surface area contributed by atoms with Crippen LogP contribution >= 0.6 is 11.3 Å². The van der Waals surface area contributed by atoms with E-state index in [0.717, 1.165) is 77.2 Å². The number of rotatable bonds is 8. The highest BCUT2D eigenvalue weighted by molar-refractivity contribution is 7.25. The number of anilines is 6. The predicted octanol–water partition coefficient (Wildman–Crippen LogP) is 15.4. The zero-order chi connectivity index (χ0) is 42.8. The molecule has 0 atom stereocenters. The number of fused-ring (bicyclic) bond motifs is 9. The summed E-state index contributed by atoms with van der Waals surface area (Å²) in [5.74, 6) is 1.55. The third-order valence-electron chi connectivity index (χ3n) is 12.4. The first-order valence-electron chi connectivity index (χ1n) is 21.7. The van der Waals surface area contributed by atoms with Gasteiger partial charge in [0, 0.05) is 72.0 Å². The first-order valence-corrected chi connectivity index (χ1v) is 22.5. The topological polar surface area (TPSA) is 55.0 Å². The van der Waals surface area contributed by atoms with Crippen molar-refractivity contribution in [1.29, 1.82) is 0 Å². The van der Waals surface area contributed by atoms with Crippen molar-refractivity contribution in [3.05, 3.63) is 225 Å². The van der Waals surface area contributed by atoms with E-state index in [1.807, 2.05) is 18.5 Å². The van der Waals surface area contributed by atoms with Gasteiger partial charge in [-0.15, -0.1) is 11.3 Å². The number of benzene rings is 8. The summed E-state index contributed by atoms with van der Waals surface area (Å²) in [7, 11) is 0. The van der Waals surface area contributed by atoms with Crippen LogP contribution in [0.4, 0.5) is 34.4 Å². The molecule has 13 aromatic rings. The third kappa shape index (κ3) is 6.07. The molecule has 0 N–H and O–H groups in total. The second-order valence-electron chi connectivity index (χ2n) is 16.1. The molecular formula is C57H37N7S. The van der Waals surface area contributed by atoms with Crippen molar-refractivity contribution in [3.63, 3.8) is 0 Å². The highest BCUT2D eigenvalue weighted by Gasteiger charge is 2.22. The average Bonchev–Trinajstić information content (AvgIpc) is 4.02. The van der Waals surface area contributed by atoms with Gasteiger partial charge in [-0.2, -0.15) is 0 Å². The largest absolute Gasteiger partial charge is 0.309 e. The molecule has 0 bridgehead atoms. The first-order chi connectivity index (χ1) is 32.2. The molecule has 0 unspecified atom stereocenters. The van der Waals surface area contributed by atoms with E-state index in [0.29, 0.717) is 0 Å². The normalized spacial score (nSPS) is 11.7. The summed E-state index contributed by atoms with van der Waals surface area (Å²) >= 11 is 1.64. The number of para-hydroxylation sites is 6. The molecule has 5 aromatic heterocycles. The molecule has 65 heavy (non-hydrogen) atoms. The van der Waals surface area contributed by atoms with Crippen LogP contribution in [-0.4, -0.2) is 24.1 Å². The number of hydrogen-bond donors (Lipinski definition) is 0. The Kier molecular flexibility index (Phi) is 8.57. The lowest BCUT2D eigenvalue weighted by molar-refractivity contribution is 1.17. The van der Waals surface area contributed by atoms with Crippen LogP contribution < -0.4 is 9.80 Å². The molecule has 306 valence electrons. The fourth-order valence-electron chi connectivity index (χ4n) is 9.53. The molecule has 0 aliphatic heterocycles. The standard InChI is InChI=1S/C57H37N7S/c1-5-17-38(18-6-1)61(42-29-31-51-46(33-42)44-25-13-15-27-49(44)63(51)40-21-9-3-10-22-40)54-35-53-48(36-58-54)56-57(65-53)60-55(37-59-56)62(39-19-7-2-8-20-39)43-30-32-52-47(34-43)45-26-14-16-28-50(45)64(52)41-23-11-4-12-24-41/h1-37H. The summed E-state index contributed by atoms with van der Waals surface area (Å²) in [6, 6.07) is 74.9. The molecule has 0 spiro atoms. The van der Waals surface area contributed by atoms with Crippen molar-refractivity contribution >= 4 is 110 Å². The van der Waals surface area contributed by atoms with Crippen LogP contribution in [0, 0.1) is 0 Å². The van der Waals surface area contributed by atoms with Crippen LogP contribution in [0.1, 0.15) is 0 Å². The van der Waals surface area contributed by atoms with Gasteiger partial charge in [0.2, 0.25) is 0 Å². The minimum absolute atomic E-state index is 0.739. The lowest BCUT2D eigenvalue weighted by atomic mass is 10.1. The lowest BCUT2D eigenvalue weighted by Gasteiger charge is -2.24. The Balaban J connectivity index is 0.936. The molecule has 0 radical (unpaired) electrons. The van der Waals surface area contributed by atoms with Crippen molar-refractivity contribution in [3.8, 4) is 11.4 Å². The van der Waals surface area contributed by atoms with E-state index in [1.54, 1.807) is 11.3 Å². The molecule has 8 aromatic carbocycles. The van der Waals surface area contributed by atoms with Gasteiger partial charge in [-0.25, -0.2) is 15.0 Å². The Bertz CT molecular complexity index is 3640. The van der Waals surface area contributed by atoms with Gasteiger partial charge in [0.15, 0.2) is 5.82 Å². The molecule has 8 heteroatoms. The zero-order valence-corrected chi connectivity index (χ0v) is 35.7. The van der Waals surface area contributed by atoms with E-state index in [9.17, 15) is 0 Å². The van der Waals surface area contributed by atoms with Gasteiger partial charge in [-0.1, -0.05) is 109 Å². The molecule has 13 rings (SSSR count). The molecule has 7 nitrogen and oxygen atoms in total. The second kappa shape index (κ2) is 15.0. The minimum Gasteiger partial charge on any atom is -0.309 e. The van der Waals surface area contributed by atoms with Crippen molar-refractivity contribution in [2.75, 3.05) is 9.80 Å². The number of pyridine rings is 1. The minimum atomic E-state index is 0.739. The monoisotopic (exact) mass is 851 g/mol. The Morgan fingerprint density at radius 1 is 0.354 bits per heavy atom. The first kappa shape index (κ1) is 37.0. The molecule has 0 saturated heterocycles. The number of aromatic nitrogens is 5. The fourth-order valence-corrected chi connectivity index (χ4v) is 10.6. The highest BCUT2D eigenvalue weighted by atomic mass is 32.1. The molecule has 5 heterocycles. The van der Waals surface area contributed by atoms with Crippen LogP contribution in [-0.2, 0) is 0 Å². The zero-order valence-electron chi connectivity index (χ0n) is 34.9. The van der Waals surface area contributed by atoms with Crippen LogP contribution in [0.3, 0.4) is 0 Å². The van der Waals surface area contributed by atoms with E-state index in [2.05, 4.69) is 225 Å². The van der Waals surface area contributed by atoms with Gasteiger partial charge in [0.05, 0.1) is 28.3 Å². The van der Waals surface area contributed by atoms with Crippen LogP contribution in [0.2, 0.25) is 0 Å². The summed E-state index contributed by atoms with van der Waals surface area (Å²) < 4.78 is 5.75. The van der Waals surface area contributed by atoms with Gasteiger partial charge < -0.3 is 9.13 Å². The third-order valence-corrected chi connectivity index (χ3v) is 13.4. The fraction of sp³-hybridized carbons (Fsp3) is 0. The average molecular weight is 852 g/mol. The van der Waals surface area contributed by atoms with Gasteiger partial charge in [0.25, 0.3) is 0 Å². The van der Waals surface area contributed by atoms with Gasteiger partial charge >= 0.3 is 0 Å². The van der Waals surface area contributed by atoms with Gasteiger partial charge in [-0.3, -0.25) is 9.80 Å². The van der Waals surface area contributed by atoms with E-state index in [-0.39, 0.29) is 0 Å². The molecule has 0 aliphatic carbocycles. The van der Waals surface area contributed by atoms with E-state index in [4.69, 9.17) is 15.0 Å². The van der Waals surface area contributed by atoms with Crippen molar-refractivity contribution < 1.29 is 0 Å². The SMILES string of the molecule is c1ccc(N(c2ccc3c(c2)c2ccccc2n3-c2ccccc2)c2cc3sc4nc(N(c5ccccc5)c5ccc6c(c5)c5ccccc5n6-c5ccccc5)cnc4c3cn2)cc1. The maximum absolute atomic E-state index is 5.38. The second-order valence-corrected chi connectivity index (χ2v) is 17.2. The molecule has 0 saturated carbocycles. The summed E-state index contributed by atoms with van der Waals surface area (Å²) in [6.07, 6.45) is 3.85. The number of thiophene rings is 1. The number of hydrogen-bond acceptors (Lipinski definition) is 6. The summed E-state index contributed by atoms with van der Waals surface area (Å²) in [5.41, 5.74) is 11.8. The van der Waals surface area contributed by atoms with Crippen LogP contribution in [0.25, 0.3) is 75.4 Å². The predicted molar refractivity (Wildman–Crippen MR) is 271 cm³/mol. The Hall–Kier alpha value is -8.59. The molecular weight excluding hydrogens is 815 g/mol. The molecule has 0 fully saturated rings. The highest BCUT2D eigenvalue weighted by Crippen LogP contribution is 2.43. The van der Waals surface area contributed by atoms with Crippen molar-refractivity contribution in [2.45, 2.75) is 0 Å². The van der Waals surface area contributed by atoms with Crippen molar-refractivity contribution in [2.24, 2.45) is 0 Å². The Labute approximate surface area is 378 Å². The van der Waals surface area contributed by atoms with Crippen molar-refractivity contribution in [1.82, 2.24) is 24.1 Å². The maximum Gasteiger partial charge on any atom is 0.157 e. The maximum atomic E-state index is 5.38. The summed E-state index contributed by atoms with van der Waals surface area (Å²) in [4.78, 5) is 20.9. The van der Waals surface area contributed by atoms with Crippen LogP contribution in [0.5, 0.6) is 0 Å². The lowest BCUT2D eigenvalue weighted by Crippen LogP contribution is -2.11. The Morgan fingerprint density at radius 3 is 1.35 bits per heavy atom. The Morgan fingerprint density at radius 2 is 0.815 bits per heavy atom. The van der Waals surface area contributed by atoms with E-state index < -0.39 is 0 Å².